The summed E-state index contributed by atoms with van der Waals surface area (Å²) in [6.45, 7) is 5.13. The molecule has 8 nitrogen and oxygen atoms in total. The highest BCUT2D eigenvalue weighted by Gasteiger charge is 2.48. The van der Waals surface area contributed by atoms with Gasteiger partial charge in [-0.1, -0.05) is 12.1 Å². The summed E-state index contributed by atoms with van der Waals surface area (Å²) in [4.78, 5) is 26.2. The van der Waals surface area contributed by atoms with E-state index < -0.39 is 11.4 Å². The van der Waals surface area contributed by atoms with Crippen molar-refractivity contribution in [3.63, 3.8) is 0 Å². The number of benzene rings is 3. The molecule has 0 radical (unpaired) electrons. The maximum absolute atomic E-state index is 13.3. The van der Waals surface area contributed by atoms with Gasteiger partial charge in [0.25, 0.3) is 5.78 Å². The summed E-state index contributed by atoms with van der Waals surface area (Å²) in [5.74, 6) is -1.29. The molecule has 34 heavy (non-hydrogen) atoms. The Hall–Kier alpha value is -4.20. The van der Waals surface area contributed by atoms with Crippen molar-refractivity contribution in [3.8, 4) is 28.7 Å². The third-order valence-corrected chi connectivity index (χ3v) is 6.09. The lowest BCUT2D eigenvalue weighted by molar-refractivity contribution is -0.0552. The second-order valence-corrected chi connectivity index (χ2v) is 8.31. The molecule has 8 heteroatoms. The number of hydrogen-bond acceptors (Lipinski definition) is 8. The summed E-state index contributed by atoms with van der Waals surface area (Å²) in [5.41, 5.74) is 1.18. The minimum absolute atomic E-state index is 0.00921. The molecule has 0 saturated carbocycles. The molecule has 0 saturated heterocycles. The standard InChI is InChI=1S/C26H22O8/c1-12-7-6-8-17-20(12)24(28)26(3,33-17)34-22-18(31-5)9-13(2)19-15-10-14(30-4)11-16(27)21(15)25(29)32-23(19)22/h6-11,27H,1-5H3. The minimum Gasteiger partial charge on any atom is -0.507 e. The van der Waals surface area contributed by atoms with Gasteiger partial charge in [0.1, 0.15) is 22.6 Å². The Morgan fingerprint density at radius 3 is 2.41 bits per heavy atom. The van der Waals surface area contributed by atoms with Crippen molar-refractivity contribution in [1.82, 2.24) is 0 Å². The van der Waals surface area contributed by atoms with Crippen LogP contribution in [0.25, 0.3) is 21.7 Å². The van der Waals surface area contributed by atoms with Crippen LogP contribution in [0.15, 0.2) is 45.6 Å². The van der Waals surface area contributed by atoms with Crippen molar-refractivity contribution in [1.29, 1.82) is 0 Å². The van der Waals surface area contributed by atoms with Crippen LogP contribution < -0.4 is 24.6 Å². The molecule has 174 valence electrons. The first-order valence-electron chi connectivity index (χ1n) is 10.6. The van der Waals surface area contributed by atoms with Gasteiger partial charge in [0, 0.05) is 23.8 Å². The third-order valence-electron chi connectivity index (χ3n) is 6.09. The number of carbonyl (C=O) groups excluding carboxylic acids is 1. The Labute approximate surface area is 194 Å². The SMILES string of the molecule is COc1cc(O)c2c(=O)oc3c(OC4(C)Oc5cccc(C)c5C4=O)c(OC)cc(C)c3c2c1. The van der Waals surface area contributed by atoms with E-state index in [-0.39, 0.29) is 34.0 Å². The number of hydrogen-bond donors (Lipinski definition) is 1. The molecule has 1 aliphatic heterocycles. The summed E-state index contributed by atoms with van der Waals surface area (Å²) in [6.07, 6.45) is 0. The zero-order valence-corrected chi connectivity index (χ0v) is 19.3. The molecule has 3 aromatic carbocycles. The van der Waals surface area contributed by atoms with E-state index in [0.29, 0.717) is 33.4 Å². The zero-order chi connectivity index (χ0) is 24.4. The van der Waals surface area contributed by atoms with Gasteiger partial charge >= 0.3 is 11.4 Å². The van der Waals surface area contributed by atoms with E-state index in [4.69, 9.17) is 23.4 Å². The van der Waals surface area contributed by atoms with Crippen LogP contribution in [0, 0.1) is 13.8 Å². The van der Waals surface area contributed by atoms with Gasteiger partial charge in [-0.25, -0.2) is 4.79 Å². The fourth-order valence-corrected chi connectivity index (χ4v) is 4.46. The fraction of sp³-hybridized carbons (Fsp3) is 0.231. The zero-order valence-electron chi connectivity index (χ0n) is 19.3. The van der Waals surface area contributed by atoms with Crippen LogP contribution in [0.4, 0.5) is 0 Å². The highest BCUT2D eigenvalue weighted by Crippen LogP contribution is 2.46. The van der Waals surface area contributed by atoms with Gasteiger partial charge in [0.05, 0.1) is 19.8 Å². The molecular weight excluding hydrogens is 440 g/mol. The number of Topliss-reactive ketones (excluding diaryl/α,β-unsaturated/α-hetero) is 1. The number of ketones is 1. The molecule has 0 spiro atoms. The minimum atomic E-state index is -1.71. The van der Waals surface area contributed by atoms with Crippen molar-refractivity contribution in [2.75, 3.05) is 14.2 Å². The normalized spacial score (nSPS) is 17.0. The lowest BCUT2D eigenvalue weighted by Gasteiger charge is -2.25. The van der Waals surface area contributed by atoms with E-state index in [1.807, 2.05) is 19.9 Å². The van der Waals surface area contributed by atoms with E-state index in [9.17, 15) is 14.7 Å². The van der Waals surface area contributed by atoms with Crippen LogP contribution in [0.3, 0.4) is 0 Å². The maximum Gasteiger partial charge on any atom is 0.348 e. The predicted molar refractivity (Wildman–Crippen MR) is 125 cm³/mol. The molecule has 1 aliphatic rings. The maximum atomic E-state index is 13.3. The van der Waals surface area contributed by atoms with E-state index in [1.165, 1.54) is 27.2 Å². The van der Waals surface area contributed by atoms with E-state index in [0.717, 1.165) is 5.56 Å². The average Bonchev–Trinajstić information content (AvgIpc) is 3.05. The Balaban J connectivity index is 1.79. The van der Waals surface area contributed by atoms with Crippen LogP contribution in [-0.2, 0) is 0 Å². The molecule has 1 N–H and O–H groups in total. The van der Waals surface area contributed by atoms with Gasteiger partial charge in [-0.05, 0) is 43.2 Å². The molecule has 4 aromatic rings. The van der Waals surface area contributed by atoms with Crippen LogP contribution in [-0.4, -0.2) is 30.9 Å². The lowest BCUT2D eigenvalue weighted by Crippen LogP contribution is -2.43. The van der Waals surface area contributed by atoms with Gasteiger partial charge in [0.2, 0.25) is 5.75 Å². The molecule has 1 unspecified atom stereocenters. The first kappa shape index (κ1) is 21.6. The Morgan fingerprint density at radius 1 is 0.971 bits per heavy atom. The third kappa shape index (κ3) is 2.98. The molecule has 0 bridgehead atoms. The highest BCUT2D eigenvalue weighted by atomic mass is 16.7. The number of fused-ring (bicyclic) bond motifs is 4. The Bertz CT molecular complexity index is 1570. The number of carbonyl (C=O) groups is 1. The van der Waals surface area contributed by atoms with Gasteiger partial charge in [-0.3, -0.25) is 4.79 Å². The number of rotatable bonds is 4. The molecule has 1 aromatic heterocycles. The van der Waals surface area contributed by atoms with E-state index in [2.05, 4.69) is 0 Å². The van der Waals surface area contributed by atoms with Crippen LogP contribution in [0.5, 0.6) is 28.7 Å². The van der Waals surface area contributed by atoms with Crippen molar-refractivity contribution in [2.24, 2.45) is 0 Å². The van der Waals surface area contributed by atoms with Crippen LogP contribution in [0.2, 0.25) is 0 Å². The van der Waals surface area contributed by atoms with Gasteiger partial charge in [-0.15, -0.1) is 0 Å². The van der Waals surface area contributed by atoms with Crippen molar-refractivity contribution >= 4 is 27.5 Å². The summed E-state index contributed by atoms with van der Waals surface area (Å²) in [7, 11) is 2.90. The quantitative estimate of drug-likeness (QED) is 0.345. The molecule has 0 fully saturated rings. The number of methoxy groups -OCH3 is 2. The monoisotopic (exact) mass is 462 g/mol. The predicted octanol–water partition coefficient (Wildman–Crippen LogP) is 4.66. The molecule has 0 amide bonds. The number of aromatic hydroxyl groups is 1. The number of phenols is 1. The van der Waals surface area contributed by atoms with Gasteiger partial charge in [-0.2, -0.15) is 0 Å². The van der Waals surface area contributed by atoms with Crippen LogP contribution >= 0.6 is 0 Å². The first-order valence-corrected chi connectivity index (χ1v) is 10.6. The fourth-order valence-electron chi connectivity index (χ4n) is 4.46. The summed E-state index contributed by atoms with van der Waals surface area (Å²) in [5, 5.41) is 11.4. The highest BCUT2D eigenvalue weighted by molar-refractivity contribution is 6.11. The second kappa shape index (κ2) is 7.41. The molecule has 5 rings (SSSR count). The van der Waals surface area contributed by atoms with Crippen molar-refractivity contribution < 1.29 is 33.3 Å². The average molecular weight is 462 g/mol. The molecule has 2 heterocycles. The van der Waals surface area contributed by atoms with E-state index >= 15 is 0 Å². The Morgan fingerprint density at radius 2 is 1.74 bits per heavy atom. The number of phenolic OH excluding ortho intramolecular Hbond substituents is 1. The van der Waals surface area contributed by atoms with Gasteiger partial charge in [0.15, 0.2) is 11.3 Å². The smallest absolute Gasteiger partial charge is 0.348 e. The largest absolute Gasteiger partial charge is 0.507 e. The van der Waals surface area contributed by atoms with Crippen LogP contribution in [0.1, 0.15) is 28.4 Å². The lowest BCUT2D eigenvalue weighted by atomic mass is 10.0. The van der Waals surface area contributed by atoms with Crippen molar-refractivity contribution in [2.45, 2.75) is 26.6 Å². The molecule has 0 aliphatic carbocycles. The summed E-state index contributed by atoms with van der Waals surface area (Å²) in [6, 6.07) is 9.98. The topological polar surface area (TPSA) is 104 Å². The number of aryl methyl sites for hydroxylation is 2. The van der Waals surface area contributed by atoms with Crippen molar-refractivity contribution in [3.05, 3.63) is 63.5 Å². The van der Waals surface area contributed by atoms with E-state index in [1.54, 1.807) is 24.3 Å². The molecule has 1 atom stereocenters. The Kier molecular flexibility index (Phi) is 4.72. The second-order valence-electron chi connectivity index (χ2n) is 8.31. The number of ether oxygens (including phenoxy) is 4. The summed E-state index contributed by atoms with van der Waals surface area (Å²) >= 11 is 0. The molecular formula is C26H22O8. The first-order chi connectivity index (χ1) is 16.2. The summed E-state index contributed by atoms with van der Waals surface area (Å²) < 4.78 is 28.6. The van der Waals surface area contributed by atoms with Gasteiger partial charge < -0.3 is 28.5 Å².